The van der Waals surface area contributed by atoms with E-state index in [0.29, 0.717) is 30.3 Å². The first-order valence-corrected chi connectivity index (χ1v) is 11.7. The van der Waals surface area contributed by atoms with Crippen molar-refractivity contribution in [1.29, 1.82) is 5.41 Å². The molecular formula is C25H30F3N5O2. The molecule has 1 unspecified atom stereocenters. The van der Waals surface area contributed by atoms with Crippen molar-refractivity contribution < 1.29 is 23.1 Å². The number of hydrogen-bond acceptors (Lipinski definition) is 5. The number of piperazine rings is 1. The second-order valence-electron chi connectivity index (χ2n) is 9.11. The highest BCUT2D eigenvalue weighted by Crippen LogP contribution is 2.32. The minimum Gasteiger partial charge on any atom is -0.480 e. The first kappa shape index (κ1) is 25.0. The molecule has 35 heavy (non-hydrogen) atoms. The maximum atomic E-state index is 12.9. The van der Waals surface area contributed by atoms with E-state index in [9.17, 15) is 23.1 Å². The number of carboxylic acids is 1. The number of rotatable bonds is 6. The van der Waals surface area contributed by atoms with Crippen LogP contribution in [0.15, 0.2) is 48.5 Å². The fourth-order valence-corrected chi connectivity index (χ4v) is 5.07. The Morgan fingerprint density at radius 2 is 1.51 bits per heavy atom. The highest BCUT2D eigenvalue weighted by atomic mass is 19.4. The first-order chi connectivity index (χ1) is 16.6. The summed E-state index contributed by atoms with van der Waals surface area (Å²) in [4.78, 5) is 18.6. The molecule has 2 aromatic carbocycles. The number of nitrogen functional groups attached to an aromatic ring is 1. The van der Waals surface area contributed by atoms with Gasteiger partial charge in [0.25, 0.3) is 0 Å². The number of halogens is 3. The Bertz CT molecular complexity index is 1030. The van der Waals surface area contributed by atoms with E-state index in [1.807, 2.05) is 29.2 Å². The standard InChI is InChI=1S/C25H30F3N5O2/c26-25(27,28)19-5-1-17(2-6-19)22(24(34)35)33-11-9-21(10-12-33)32-15-13-31(14-16-32)20-7-3-18(4-8-20)23(29)30/h1-8,21-22H,9-16H2,(H3,29,30)(H,34,35). The molecule has 0 radical (unpaired) electrons. The average Bonchev–Trinajstić information content (AvgIpc) is 2.84. The Labute approximate surface area is 202 Å². The van der Waals surface area contributed by atoms with Crippen LogP contribution in [-0.2, 0) is 11.0 Å². The van der Waals surface area contributed by atoms with Gasteiger partial charge in [0.2, 0.25) is 0 Å². The monoisotopic (exact) mass is 489 g/mol. The van der Waals surface area contributed by atoms with Crippen molar-refractivity contribution >= 4 is 17.5 Å². The lowest BCUT2D eigenvalue weighted by molar-refractivity contribution is -0.144. The number of nitrogens with one attached hydrogen (secondary N) is 1. The van der Waals surface area contributed by atoms with Gasteiger partial charge in [0, 0.05) is 56.6 Å². The van der Waals surface area contributed by atoms with Gasteiger partial charge in [-0.3, -0.25) is 20.0 Å². The van der Waals surface area contributed by atoms with Crippen molar-refractivity contribution in [3.05, 3.63) is 65.2 Å². The molecule has 2 aliphatic rings. The molecule has 2 fully saturated rings. The molecule has 0 amide bonds. The highest BCUT2D eigenvalue weighted by molar-refractivity contribution is 5.95. The van der Waals surface area contributed by atoms with Crippen LogP contribution < -0.4 is 10.6 Å². The summed E-state index contributed by atoms with van der Waals surface area (Å²) in [6, 6.07) is 11.5. The van der Waals surface area contributed by atoms with E-state index in [4.69, 9.17) is 11.1 Å². The molecule has 4 N–H and O–H groups in total. The second-order valence-corrected chi connectivity index (χ2v) is 9.11. The summed E-state index contributed by atoms with van der Waals surface area (Å²) in [6.45, 7) is 4.72. The lowest BCUT2D eigenvalue weighted by Gasteiger charge is -2.44. The van der Waals surface area contributed by atoms with E-state index in [0.717, 1.165) is 56.8 Å². The van der Waals surface area contributed by atoms with Crippen LogP contribution in [0.3, 0.4) is 0 Å². The number of nitrogens with zero attached hydrogens (tertiary/aromatic N) is 3. The molecule has 7 nitrogen and oxygen atoms in total. The number of nitrogens with two attached hydrogens (primary N) is 1. The van der Waals surface area contributed by atoms with Gasteiger partial charge in [-0.05, 0) is 54.8 Å². The molecule has 2 aromatic rings. The lowest BCUT2D eigenvalue weighted by Crippen LogP contribution is -2.54. The number of aliphatic carboxylic acids is 1. The van der Waals surface area contributed by atoms with E-state index >= 15 is 0 Å². The van der Waals surface area contributed by atoms with Gasteiger partial charge in [-0.25, -0.2) is 0 Å². The largest absolute Gasteiger partial charge is 0.480 e. The predicted octanol–water partition coefficient (Wildman–Crippen LogP) is 3.40. The van der Waals surface area contributed by atoms with Crippen LogP contribution in [0.5, 0.6) is 0 Å². The molecule has 0 aromatic heterocycles. The van der Waals surface area contributed by atoms with E-state index in [-0.39, 0.29) is 5.84 Å². The molecule has 4 rings (SSSR count). The van der Waals surface area contributed by atoms with Gasteiger partial charge in [0.1, 0.15) is 11.9 Å². The highest BCUT2D eigenvalue weighted by Gasteiger charge is 2.35. The van der Waals surface area contributed by atoms with Gasteiger partial charge in [0.05, 0.1) is 5.56 Å². The van der Waals surface area contributed by atoms with Gasteiger partial charge < -0.3 is 15.7 Å². The SMILES string of the molecule is N=C(N)c1ccc(N2CCN(C3CCN(C(C(=O)O)c4ccc(C(F)(F)F)cc4)CC3)CC2)cc1. The number of amidine groups is 1. The van der Waals surface area contributed by atoms with E-state index < -0.39 is 23.8 Å². The smallest absolute Gasteiger partial charge is 0.416 e. The molecular weight excluding hydrogens is 459 g/mol. The Balaban J connectivity index is 1.31. The fraction of sp³-hybridized carbons (Fsp3) is 0.440. The number of benzene rings is 2. The van der Waals surface area contributed by atoms with E-state index in [2.05, 4.69) is 9.80 Å². The van der Waals surface area contributed by atoms with Crippen LogP contribution in [0.2, 0.25) is 0 Å². The topological polar surface area (TPSA) is 96.9 Å². The minimum atomic E-state index is -4.45. The molecule has 10 heteroatoms. The number of carbonyl (C=O) groups is 1. The van der Waals surface area contributed by atoms with Gasteiger partial charge in [-0.15, -0.1) is 0 Å². The Morgan fingerprint density at radius 3 is 2.00 bits per heavy atom. The van der Waals surface area contributed by atoms with Crippen molar-refractivity contribution in [2.45, 2.75) is 31.1 Å². The van der Waals surface area contributed by atoms with Crippen molar-refractivity contribution in [2.75, 3.05) is 44.2 Å². The number of carboxylic acid groups (broad SMARTS) is 1. The zero-order chi connectivity index (χ0) is 25.2. The minimum absolute atomic E-state index is 0.0520. The Kier molecular flexibility index (Phi) is 7.32. The summed E-state index contributed by atoms with van der Waals surface area (Å²) in [6.07, 6.45) is -2.81. The number of alkyl halides is 3. The third kappa shape index (κ3) is 5.76. The summed E-state index contributed by atoms with van der Waals surface area (Å²) in [5, 5.41) is 17.3. The van der Waals surface area contributed by atoms with Crippen LogP contribution in [0.4, 0.5) is 18.9 Å². The third-order valence-electron chi connectivity index (χ3n) is 7.03. The maximum absolute atomic E-state index is 12.9. The van der Waals surface area contributed by atoms with Crippen LogP contribution in [-0.4, -0.2) is 72.0 Å². The molecule has 1 atom stereocenters. The molecule has 2 heterocycles. The van der Waals surface area contributed by atoms with Crippen LogP contribution in [0.25, 0.3) is 0 Å². The molecule has 0 aliphatic carbocycles. The normalized spacial score (nSPS) is 19.5. The maximum Gasteiger partial charge on any atom is 0.416 e. The zero-order valence-electron chi connectivity index (χ0n) is 19.3. The summed E-state index contributed by atoms with van der Waals surface area (Å²) >= 11 is 0. The van der Waals surface area contributed by atoms with Crippen LogP contribution in [0.1, 0.15) is 35.6 Å². The number of piperidine rings is 1. The van der Waals surface area contributed by atoms with Crippen molar-refractivity contribution in [2.24, 2.45) is 5.73 Å². The number of hydrogen-bond donors (Lipinski definition) is 3. The number of anilines is 1. The summed E-state index contributed by atoms with van der Waals surface area (Å²) in [7, 11) is 0. The van der Waals surface area contributed by atoms with Crippen molar-refractivity contribution in [3.8, 4) is 0 Å². The average molecular weight is 490 g/mol. The molecule has 2 aliphatic heterocycles. The second kappa shape index (κ2) is 10.2. The molecule has 0 saturated carbocycles. The van der Waals surface area contributed by atoms with Gasteiger partial charge in [-0.2, -0.15) is 13.2 Å². The lowest BCUT2D eigenvalue weighted by atomic mass is 9.97. The van der Waals surface area contributed by atoms with Crippen LogP contribution in [0, 0.1) is 5.41 Å². The summed E-state index contributed by atoms with van der Waals surface area (Å²) in [5.74, 6) is -0.996. The fourth-order valence-electron chi connectivity index (χ4n) is 5.07. The van der Waals surface area contributed by atoms with Crippen LogP contribution >= 0.6 is 0 Å². The van der Waals surface area contributed by atoms with Gasteiger partial charge in [-0.1, -0.05) is 12.1 Å². The molecule has 188 valence electrons. The van der Waals surface area contributed by atoms with Crippen molar-refractivity contribution in [1.82, 2.24) is 9.80 Å². The van der Waals surface area contributed by atoms with E-state index in [1.54, 1.807) is 0 Å². The first-order valence-electron chi connectivity index (χ1n) is 11.7. The Morgan fingerprint density at radius 1 is 0.943 bits per heavy atom. The predicted molar refractivity (Wildman–Crippen MR) is 128 cm³/mol. The van der Waals surface area contributed by atoms with Crippen molar-refractivity contribution in [3.63, 3.8) is 0 Å². The van der Waals surface area contributed by atoms with E-state index in [1.165, 1.54) is 12.1 Å². The molecule has 2 saturated heterocycles. The molecule has 0 spiro atoms. The molecule has 0 bridgehead atoms. The van der Waals surface area contributed by atoms with Gasteiger partial charge in [0.15, 0.2) is 0 Å². The number of likely N-dealkylation sites (tertiary alicyclic amines) is 1. The quantitative estimate of drug-likeness (QED) is 0.425. The zero-order valence-corrected chi connectivity index (χ0v) is 19.3. The third-order valence-corrected chi connectivity index (χ3v) is 7.03. The summed E-state index contributed by atoms with van der Waals surface area (Å²) < 4.78 is 38.6. The Hall–Kier alpha value is -3.11. The van der Waals surface area contributed by atoms with Gasteiger partial charge >= 0.3 is 12.1 Å². The summed E-state index contributed by atoms with van der Waals surface area (Å²) in [5.41, 5.74) is 6.92.